The van der Waals surface area contributed by atoms with Crippen LogP contribution in [-0.2, 0) is 4.79 Å². The number of carboxylic acid groups (broad SMARTS) is 1. The third-order valence-corrected chi connectivity index (χ3v) is 3.19. The number of aliphatic carboxylic acids is 1. The van der Waals surface area contributed by atoms with Crippen LogP contribution >= 0.6 is 0 Å². The fourth-order valence-electron chi connectivity index (χ4n) is 2.27. The average molecular weight is 237 g/mol. The molecule has 1 fully saturated rings. The molecule has 1 aromatic carbocycles. The number of rotatable bonds is 4. The first-order valence-corrected chi connectivity index (χ1v) is 5.87. The van der Waals surface area contributed by atoms with Crippen LogP contribution in [0.25, 0.3) is 0 Å². The predicted molar refractivity (Wildman–Crippen MR) is 62.5 cm³/mol. The van der Waals surface area contributed by atoms with E-state index in [0.717, 1.165) is 25.9 Å². The van der Waals surface area contributed by atoms with Gasteiger partial charge in [-0.2, -0.15) is 0 Å². The first-order chi connectivity index (χ1) is 8.16. The summed E-state index contributed by atoms with van der Waals surface area (Å²) in [6.45, 7) is 2.36. The predicted octanol–water partition coefficient (Wildman–Crippen LogP) is 2.09. The number of carboxylic acids is 1. The Hall–Kier alpha value is -1.42. The molecular weight excluding hydrogens is 221 g/mol. The maximum atomic E-state index is 13.1. The molecule has 1 heterocycles. The lowest BCUT2D eigenvalue weighted by atomic mass is 9.98. The van der Waals surface area contributed by atoms with E-state index in [2.05, 4.69) is 4.90 Å². The fraction of sp³-hybridized carbons (Fsp3) is 0.462. The minimum atomic E-state index is -0.887. The van der Waals surface area contributed by atoms with Crippen molar-refractivity contribution >= 4 is 5.97 Å². The number of nitrogens with zero attached hydrogens (tertiary/aromatic N) is 1. The van der Waals surface area contributed by atoms with E-state index in [9.17, 15) is 14.3 Å². The van der Waals surface area contributed by atoms with Crippen LogP contribution in [-0.4, -0.2) is 35.6 Å². The minimum absolute atomic E-state index is 0.379. The Morgan fingerprint density at radius 3 is 2.71 bits per heavy atom. The quantitative estimate of drug-likeness (QED) is 0.871. The van der Waals surface area contributed by atoms with Crippen LogP contribution in [0.5, 0.6) is 0 Å². The number of hydrogen-bond acceptors (Lipinski definition) is 2. The molecule has 1 N–H and O–H groups in total. The van der Waals surface area contributed by atoms with E-state index in [1.165, 1.54) is 12.1 Å². The van der Waals surface area contributed by atoms with Crippen molar-refractivity contribution in [2.24, 2.45) is 0 Å². The van der Waals surface area contributed by atoms with Crippen molar-refractivity contribution in [1.29, 1.82) is 0 Å². The summed E-state index contributed by atoms with van der Waals surface area (Å²) in [6.07, 6.45) is 2.24. The second kappa shape index (κ2) is 5.27. The Morgan fingerprint density at radius 2 is 2.12 bits per heavy atom. The fourth-order valence-corrected chi connectivity index (χ4v) is 2.27. The van der Waals surface area contributed by atoms with Gasteiger partial charge in [-0.1, -0.05) is 12.1 Å². The number of benzene rings is 1. The topological polar surface area (TPSA) is 40.5 Å². The normalized spacial score (nSPS) is 18.2. The Balaban J connectivity index is 2.13. The van der Waals surface area contributed by atoms with E-state index in [1.54, 1.807) is 12.1 Å². The molecule has 2 rings (SSSR count). The maximum Gasteiger partial charge on any atom is 0.312 e. The van der Waals surface area contributed by atoms with Crippen LogP contribution in [0, 0.1) is 5.82 Å². The second-order valence-electron chi connectivity index (χ2n) is 4.45. The summed E-state index contributed by atoms with van der Waals surface area (Å²) >= 11 is 0. The van der Waals surface area contributed by atoms with E-state index in [-0.39, 0.29) is 5.82 Å². The second-order valence-corrected chi connectivity index (χ2v) is 4.45. The zero-order chi connectivity index (χ0) is 12.3. The summed E-state index contributed by atoms with van der Waals surface area (Å²) < 4.78 is 13.1. The first kappa shape index (κ1) is 12.0. The number of likely N-dealkylation sites (tertiary alicyclic amines) is 1. The average Bonchev–Trinajstić information content (AvgIpc) is 2.78. The molecule has 4 heteroatoms. The maximum absolute atomic E-state index is 13.1. The summed E-state index contributed by atoms with van der Waals surface area (Å²) in [5, 5.41) is 9.23. The molecule has 3 nitrogen and oxygen atoms in total. The van der Waals surface area contributed by atoms with Gasteiger partial charge in [0.15, 0.2) is 0 Å². The van der Waals surface area contributed by atoms with Crippen molar-refractivity contribution in [1.82, 2.24) is 4.90 Å². The molecule has 0 radical (unpaired) electrons. The van der Waals surface area contributed by atoms with Gasteiger partial charge >= 0.3 is 5.97 Å². The van der Waals surface area contributed by atoms with Gasteiger partial charge < -0.3 is 10.0 Å². The van der Waals surface area contributed by atoms with E-state index in [0.29, 0.717) is 12.1 Å². The molecule has 1 saturated heterocycles. The molecular formula is C13H16FNO2. The zero-order valence-electron chi connectivity index (χ0n) is 9.60. The number of carbonyl (C=O) groups is 1. The van der Waals surface area contributed by atoms with Crippen molar-refractivity contribution in [3.63, 3.8) is 0 Å². The lowest BCUT2D eigenvalue weighted by Crippen LogP contribution is -2.29. The SMILES string of the molecule is O=C(O)C(CN1CCCC1)c1cccc(F)c1. The van der Waals surface area contributed by atoms with Gasteiger partial charge in [-0.05, 0) is 43.6 Å². The highest BCUT2D eigenvalue weighted by Crippen LogP contribution is 2.20. The highest BCUT2D eigenvalue weighted by atomic mass is 19.1. The molecule has 0 saturated carbocycles. The first-order valence-electron chi connectivity index (χ1n) is 5.87. The molecule has 1 aromatic rings. The molecule has 1 aliphatic heterocycles. The summed E-state index contributed by atoms with van der Waals surface area (Å²) in [7, 11) is 0. The Kier molecular flexibility index (Phi) is 3.74. The van der Waals surface area contributed by atoms with Crippen LogP contribution in [0.4, 0.5) is 4.39 Å². The summed E-state index contributed by atoms with van der Waals surface area (Å²) in [6, 6.07) is 5.88. The van der Waals surface area contributed by atoms with Gasteiger partial charge in [-0.25, -0.2) is 4.39 Å². The van der Waals surface area contributed by atoms with Gasteiger partial charge in [0.25, 0.3) is 0 Å². The zero-order valence-corrected chi connectivity index (χ0v) is 9.60. The molecule has 0 bridgehead atoms. The van der Waals surface area contributed by atoms with Gasteiger partial charge in [0.1, 0.15) is 5.82 Å². The molecule has 0 aromatic heterocycles. The summed E-state index contributed by atoms with van der Waals surface area (Å²) in [5.41, 5.74) is 0.546. The summed E-state index contributed by atoms with van der Waals surface area (Å²) in [5.74, 6) is -1.90. The highest BCUT2D eigenvalue weighted by molar-refractivity contribution is 5.76. The lowest BCUT2D eigenvalue weighted by Gasteiger charge is -2.20. The van der Waals surface area contributed by atoms with E-state index in [4.69, 9.17) is 0 Å². The highest BCUT2D eigenvalue weighted by Gasteiger charge is 2.24. The van der Waals surface area contributed by atoms with Gasteiger partial charge in [-0.15, -0.1) is 0 Å². The van der Waals surface area contributed by atoms with Gasteiger partial charge in [-0.3, -0.25) is 4.79 Å². The molecule has 0 aliphatic carbocycles. The Morgan fingerprint density at radius 1 is 1.41 bits per heavy atom. The Labute approximate surface area is 99.9 Å². The monoisotopic (exact) mass is 237 g/mol. The van der Waals surface area contributed by atoms with Crippen LogP contribution in [0.1, 0.15) is 24.3 Å². The van der Waals surface area contributed by atoms with Crippen molar-refractivity contribution in [2.45, 2.75) is 18.8 Å². The van der Waals surface area contributed by atoms with Gasteiger partial charge in [0.05, 0.1) is 5.92 Å². The van der Waals surface area contributed by atoms with E-state index >= 15 is 0 Å². The molecule has 92 valence electrons. The number of hydrogen-bond donors (Lipinski definition) is 1. The molecule has 0 amide bonds. The Bertz CT molecular complexity index is 402. The van der Waals surface area contributed by atoms with Crippen molar-refractivity contribution in [3.8, 4) is 0 Å². The van der Waals surface area contributed by atoms with E-state index in [1.807, 2.05) is 0 Å². The molecule has 17 heavy (non-hydrogen) atoms. The molecule has 1 atom stereocenters. The largest absolute Gasteiger partial charge is 0.481 e. The van der Waals surface area contributed by atoms with E-state index < -0.39 is 11.9 Å². The van der Waals surface area contributed by atoms with Gasteiger partial charge in [0, 0.05) is 6.54 Å². The lowest BCUT2D eigenvalue weighted by molar-refractivity contribution is -0.139. The van der Waals surface area contributed by atoms with Crippen LogP contribution in [0.3, 0.4) is 0 Å². The summed E-state index contributed by atoms with van der Waals surface area (Å²) in [4.78, 5) is 13.4. The minimum Gasteiger partial charge on any atom is -0.481 e. The van der Waals surface area contributed by atoms with Crippen molar-refractivity contribution in [2.75, 3.05) is 19.6 Å². The van der Waals surface area contributed by atoms with Gasteiger partial charge in [0.2, 0.25) is 0 Å². The standard InChI is InChI=1S/C13H16FNO2/c14-11-5-3-4-10(8-11)12(13(16)17)9-15-6-1-2-7-15/h3-5,8,12H,1-2,6-7,9H2,(H,16,17). The van der Waals surface area contributed by atoms with Crippen molar-refractivity contribution in [3.05, 3.63) is 35.6 Å². The van der Waals surface area contributed by atoms with Crippen molar-refractivity contribution < 1.29 is 14.3 Å². The molecule has 1 unspecified atom stereocenters. The smallest absolute Gasteiger partial charge is 0.312 e. The third-order valence-electron chi connectivity index (χ3n) is 3.19. The number of halogens is 1. The van der Waals surface area contributed by atoms with Crippen LogP contribution in [0.2, 0.25) is 0 Å². The van der Waals surface area contributed by atoms with Crippen LogP contribution < -0.4 is 0 Å². The molecule has 1 aliphatic rings. The third kappa shape index (κ3) is 3.03. The van der Waals surface area contributed by atoms with Crippen LogP contribution in [0.15, 0.2) is 24.3 Å². The molecule has 0 spiro atoms.